The summed E-state index contributed by atoms with van der Waals surface area (Å²) in [4.78, 5) is 24.7. The van der Waals surface area contributed by atoms with Crippen molar-refractivity contribution in [3.05, 3.63) is 0 Å². The molecule has 0 saturated carbocycles. The second-order valence-electron chi connectivity index (χ2n) is 13.0. The number of carbonyl (C=O) groups is 2. The van der Waals surface area contributed by atoms with Crippen LogP contribution in [0, 0.1) is 5.92 Å². The zero-order chi connectivity index (χ0) is 32.4. The van der Waals surface area contributed by atoms with Crippen molar-refractivity contribution < 1.29 is 23.8 Å². The second kappa shape index (κ2) is 34.7. The van der Waals surface area contributed by atoms with E-state index < -0.39 is 0 Å². The van der Waals surface area contributed by atoms with Crippen molar-refractivity contribution in [1.29, 1.82) is 0 Å². The van der Waals surface area contributed by atoms with Gasteiger partial charge >= 0.3 is 11.9 Å². The van der Waals surface area contributed by atoms with Gasteiger partial charge in [-0.3, -0.25) is 4.79 Å². The predicted molar refractivity (Wildman–Crippen MR) is 186 cm³/mol. The molecule has 0 aromatic carbocycles. The maximum absolute atomic E-state index is 12.4. The van der Waals surface area contributed by atoms with Gasteiger partial charge in [-0.1, -0.05) is 130 Å². The van der Waals surface area contributed by atoms with Crippen LogP contribution < -0.4 is 5.32 Å². The molecule has 6 heteroatoms. The zero-order valence-corrected chi connectivity index (χ0v) is 29.9. The summed E-state index contributed by atoms with van der Waals surface area (Å²) in [5.41, 5.74) is 0. The fraction of sp³-hybridized carbons (Fsp3) is 0.947. The first kappa shape index (κ1) is 42.9. The van der Waals surface area contributed by atoms with Gasteiger partial charge in [-0.25, -0.2) is 4.79 Å². The van der Waals surface area contributed by atoms with Gasteiger partial charge in [0.15, 0.2) is 0 Å². The van der Waals surface area contributed by atoms with Crippen molar-refractivity contribution in [1.82, 2.24) is 5.32 Å². The number of rotatable bonds is 35. The van der Waals surface area contributed by atoms with Gasteiger partial charge < -0.3 is 19.5 Å². The molecule has 0 radical (unpaired) electrons. The summed E-state index contributed by atoms with van der Waals surface area (Å²) in [5, 5.41) is 3.28. The molecule has 0 rings (SSSR count). The number of hydrogen-bond donors (Lipinski definition) is 1. The van der Waals surface area contributed by atoms with Gasteiger partial charge in [-0.2, -0.15) is 0 Å². The average molecular weight is 626 g/mol. The second-order valence-corrected chi connectivity index (χ2v) is 13.0. The van der Waals surface area contributed by atoms with Crippen LogP contribution in [0.1, 0.15) is 188 Å². The Morgan fingerprint density at radius 1 is 0.545 bits per heavy atom. The molecular formula is C38H75NO5. The number of carbonyl (C=O) groups excluding carboxylic acids is 2. The van der Waals surface area contributed by atoms with Crippen molar-refractivity contribution in [3.8, 4) is 0 Å². The van der Waals surface area contributed by atoms with Crippen LogP contribution in [0.15, 0.2) is 0 Å². The number of ether oxygens (including phenoxy) is 3. The molecule has 0 saturated heterocycles. The number of unbranched alkanes of at least 4 members (excludes halogenated alkanes) is 15. The minimum Gasteiger partial charge on any atom is -0.465 e. The minimum atomic E-state index is -0.228. The number of hydrogen-bond acceptors (Lipinski definition) is 6. The van der Waals surface area contributed by atoms with Crippen LogP contribution in [-0.2, 0) is 23.8 Å². The van der Waals surface area contributed by atoms with Crippen LogP contribution in [0.2, 0.25) is 0 Å². The first-order chi connectivity index (χ1) is 21.6. The molecule has 0 spiro atoms. The Hall–Kier alpha value is -1.14. The van der Waals surface area contributed by atoms with Crippen LogP contribution in [0.4, 0.5) is 0 Å². The summed E-state index contributed by atoms with van der Waals surface area (Å²) < 4.78 is 17.0. The summed E-state index contributed by atoms with van der Waals surface area (Å²) >= 11 is 0. The van der Waals surface area contributed by atoms with Gasteiger partial charge in [0.25, 0.3) is 0 Å². The average Bonchev–Trinajstić information content (AvgIpc) is 3.02. The molecule has 1 N–H and O–H groups in total. The van der Waals surface area contributed by atoms with E-state index >= 15 is 0 Å². The highest BCUT2D eigenvalue weighted by molar-refractivity contribution is 5.70. The summed E-state index contributed by atoms with van der Waals surface area (Å²) in [6, 6.07) is 0. The Morgan fingerprint density at radius 3 is 1.68 bits per heavy atom. The third-order valence-corrected chi connectivity index (χ3v) is 8.57. The SMILES string of the molecule is CCCCCCCCCC(CCCCCCCCC(=O)OCC(CCCC)CCCCCC)OC(=O)COCCNCCC. The molecular weight excluding hydrogens is 550 g/mol. The maximum Gasteiger partial charge on any atom is 0.332 e. The molecule has 262 valence electrons. The Bertz CT molecular complexity index is 614. The van der Waals surface area contributed by atoms with Crippen LogP contribution in [0.25, 0.3) is 0 Å². The smallest absolute Gasteiger partial charge is 0.332 e. The molecule has 0 aliphatic carbocycles. The fourth-order valence-electron chi connectivity index (χ4n) is 5.71. The van der Waals surface area contributed by atoms with E-state index in [0.29, 0.717) is 25.6 Å². The zero-order valence-electron chi connectivity index (χ0n) is 29.9. The van der Waals surface area contributed by atoms with E-state index in [1.807, 2.05) is 0 Å². The predicted octanol–water partition coefficient (Wildman–Crippen LogP) is 10.5. The lowest BCUT2D eigenvalue weighted by molar-refractivity contribution is -0.155. The van der Waals surface area contributed by atoms with E-state index in [-0.39, 0.29) is 24.6 Å². The first-order valence-electron chi connectivity index (χ1n) is 19.2. The highest BCUT2D eigenvalue weighted by Gasteiger charge is 2.15. The molecule has 0 heterocycles. The van der Waals surface area contributed by atoms with Crippen molar-refractivity contribution in [2.75, 3.05) is 32.9 Å². The van der Waals surface area contributed by atoms with Crippen LogP contribution in [0.5, 0.6) is 0 Å². The molecule has 2 atom stereocenters. The number of esters is 2. The lowest BCUT2D eigenvalue weighted by Gasteiger charge is -2.18. The van der Waals surface area contributed by atoms with Crippen molar-refractivity contribution in [2.24, 2.45) is 5.92 Å². The van der Waals surface area contributed by atoms with Crippen LogP contribution in [0.3, 0.4) is 0 Å². The van der Waals surface area contributed by atoms with E-state index in [9.17, 15) is 9.59 Å². The molecule has 0 fully saturated rings. The molecule has 0 aliphatic heterocycles. The minimum absolute atomic E-state index is 0.00234. The maximum atomic E-state index is 12.4. The standard InChI is InChI=1S/C38H75NO5/c1-5-9-12-14-15-18-22-27-36(44-38(41)34-42-32-31-39-30-8-4)28-23-19-16-17-20-24-29-37(40)43-33-35(25-11-7-3)26-21-13-10-6-2/h35-36,39H,5-34H2,1-4H3. The molecule has 0 aliphatic rings. The van der Waals surface area contributed by atoms with Gasteiger partial charge in [-0.15, -0.1) is 0 Å². The van der Waals surface area contributed by atoms with E-state index in [0.717, 1.165) is 77.3 Å². The Balaban J connectivity index is 4.16. The molecule has 0 bridgehead atoms. The molecule has 44 heavy (non-hydrogen) atoms. The molecule has 0 aromatic rings. The summed E-state index contributed by atoms with van der Waals surface area (Å²) in [5.74, 6) is 0.287. The monoisotopic (exact) mass is 626 g/mol. The van der Waals surface area contributed by atoms with Crippen molar-refractivity contribution in [3.63, 3.8) is 0 Å². The number of nitrogens with one attached hydrogen (secondary N) is 1. The fourth-order valence-corrected chi connectivity index (χ4v) is 5.71. The Labute approximate surface area is 273 Å². The summed E-state index contributed by atoms with van der Waals surface area (Å²) in [7, 11) is 0. The van der Waals surface area contributed by atoms with E-state index in [4.69, 9.17) is 14.2 Å². The van der Waals surface area contributed by atoms with E-state index in [1.165, 1.54) is 89.9 Å². The van der Waals surface area contributed by atoms with Gasteiger partial charge in [-0.05, 0) is 63.8 Å². The third-order valence-electron chi connectivity index (χ3n) is 8.57. The Kier molecular flexibility index (Phi) is 33.8. The van der Waals surface area contributed by atoms with E-state index in [2.05, 4.69) is 33.0 Å². The lowest BCUT2D eigenvalue weighted by Crippen LogP contribution is -2.25. The largest absolute Gasteiger partial charge is 0.465 e. The molecule has 6 nitrogen and oxygen atoms in total. The van der Waals surface area contributed by atoms with Gasteiger partial charge in [0.2, 0.25) is 0 Å². The molecule has 2 unspecified atom stereocenters. The van der Waals surface area contributed by atoms with Gasteiger partial charge in [0.1, 0.15) is 12.7 Å². The molecule has 0 aromatic heterocycles. The third kappa shape index (κ3) is 30.9. The highest BCUT2D eigenvalue weighted by atomic mass is 16.6. The quantitative estimate of drug-likeness (QED) is 0.0558. The van der Waals surface area contributed by atoms with Crippen LogP contribution >= 0.6 is 0 Å². The van der Waals surface area contributed by atoms with E-state index in [1.54, 1.807) is 0 Å². The lowest BCUT2D eigenvalue weighted by atomic mass is 9.96. The van der Waals surface area contributed by atoms with Gasteiger partial charge in [0, 0.05) is 13.0 Å². The van der Waals surface area contributed by atoms with Crippen molar-refractivity contribution in [2.45, 2.75) is 194 Å². The summed E-state index contributed by atoms with van der Waals surface area (Å²) in [6.45, 7) is 11.8. The summed E-state index contributed by atoms with van der Waals surface area (Å²) in [6.07, 6.45) is 28.9. The first-order valence-corrected chi connectivity index (χ1v) is 19.2. The molecule has 0 amide bonds. The topological polar surface area (TPSA) is 73.9 Å². The Morgan fingerprint density at radius 2 is 1.07 bits per heavy atom. The normalized spacial score (nSPS) is 12.7. The van der Waals surface area contributed by atoms with Gasteiger partial charge in [0.05, 0.1) is 13.2 Å². The van der Waals surface area contributed by atoms with Crippen molar-refractivity contribution >= 4 is 11.9 Å². The highest BCUT2D eigenvalue weighted by Crippen LogP contribution is 2.19. The van der Waals surface area contributed by atoms with Crippen LogP contribution in [-0.4, -0.2) is 51.0 Å².